The second-order valence-corrected chi connectivity index (χ2v) is 8.40. The Morgan fingerprint density at radius 1 is 1.14 bits per heavy atom. The number of pyridine rings is 1. The van der Waals surface area contributed by atoms with E-state index in [0.29, 0.717) is 5.92 Å². The van der Waals surface area contributed by atoms with Gasteiger partial charge in [-0.1, -0.05) is 0 Å². The lowest BCUT2D eigenvalue weighted by Crippen LogP contribution is -2.40. The van der Waals surface area contributed by atoms with E-state index in [4.69, 9.17) is 9.72 Å². The number of hydrogen-bond acceptors (Lipinski definition) is 4. The summed E-state index contributed by atoms with van der Waals surface area (Å²) >= 11 is 0. The molecule has 6 heteroatoms. The monoisotopic (exact) mass is 379 g/mol. The van der Waals surface area contributed by atoms with E-state index in [1.807, 2.05) is 17.9 Å². The van der Waals surface area contributed by atoms with Gasteiger partial charge in [-0.25, -0.2) is 4.98 Å². The number of nitrogens with zero attached hydrogens (tertiary/aromatic N) is 4. The molecule has 148 valence electrons. The highest BCUT2D eigenvalue weighted by Crippen LogP contribution is 2.38. The molecule has 3 aromatic rings. The quantitative estimate of drug-likeness (QED) is 0.753. The number of hydrogen-bond donors (Lipinski definition) is 1. The molecule has 0 amide bonds. The Morgan fingerprint density at radius 3 is 2.71 bits per heavy atom. The zero-order valence-corrected chi connectivity index (χ0v) is 16.6. The summed E-state index contributed by atoms with van der Waals surface area (Å²) in [5.74, 6) is 1.47. The van der Waals surface area contributed by atoms with Crippen LogP contribution in [0.25, 0.3) is 22.2 Å². The molecule has 1 saturated heterocycles. The number of ether oxygens (including phenoxy) is 1. The van der Waals surface area contributed by atoms with Gasteiger partial charge in [0.25, 0.3) is 0 Å². The van der Waals surface area contributed by atoms with E-state index in [9.17, 15) is 0 Å². The predicted molar refractivity (Wildman–Crippen MR) is 110 cm³/mol. The normalized spacial score (nSPS) is 24.0. The molecule has 2 aliphatic rings. The van der Waals surface area contributed by atoms with Crippen molar-refractivity contribution >= 4 is 11.0 Å². The van der Waals surface area contributed by atoms with Crippen LogP contribution in [0.3, 0.4) is 0 Å². The number of nitrogens with one attached hydrogen (secondary N) is 1. The van der Waals surface area contributed by atoms with Crippen molar-refractivity contribution in [2.45, 2.75) is 31.6 Å². The van der Waals surface area contributed by atoms with E-state index >= 15 is 0 Å². The van der Waals surface area contributed by atoms with Crippen LogP contribution in [0.2, 0.25) is 0 Å². The second kappa shape index (κ2) is 7.68. The first-order valence-electron chi connectivity index (χ1n) is 10.5. The fraction of sp³-hybridized carbons (Fsp3) is 0.545. The van der Waals surface area contributed by atoms with E-state index in [0.717, 1.165) is 43.4 Å². The van der Waals surface area contributed by atoms with E-state index in [1.54, 1.807) is 0 Å². The predicted octanol–water partition coefficient (Wildman–Crippen LogP) is 3.57. The lowest BCUT2D eigenvalue weighted by atomic mass is 9.78. The van der Waals surface area contributed by atoms with E-state index in [1.165, 1.54) is 48.7 Å². The Hall–Kier alpha value is -2.18. The van der Waals surface area contributed by atoms with Crippen molar-refractivity contribution in [3.8, 4) is 11.1 Å². The fourth-order valence-corrected chi connectivity index (χ4v) is 4.87. The molecule has 2 fully saturated rings. The molecule has 5 rings (SSSR count). The third-order valence-corrected chi connectivity index (χ3v) is 6.51. The van der Waals surface area contributed by atoms with E-state index in [-0.39, 0.29) is 0 Å². The first-order chi connectivity index (χ1) is 13.8. The smallest absolute Gasteiger partial charge is 0.137 e. The maximum absolute atomic E-state index is 5.48. The zero-order chi connectivity index (χ0) is 18.9. The van der Waals surface area contributed by atoms with Crippen LogP contribution in [-0.4, -0.2) is 57.5 Å². The molecular formula is C22H29N5O. The van der Waals surface area contributed by atoms with Gasteiger partial charge in [0.2, 0.25) is 0 Å². The molecule has 1 saturated carbocycles. The number of aryl methyl sites for hydroxylation is 1. The number of aromatic nitrogens is 4. The summed E-state index contributed by atoms with van der Waals surface area (Å²) in [5, 5.41) is 5.53. The summed E-state index contributed by atoms with van der Waals surface area (Å²) in [4.78, 5) is 10.6. The molecule has 1 aliphatic carbocycles. The van der Waals surface area contributed by atoms with E-state index < -0.39 is 0 Å². The maximum Gasteiger partial charge on any atom is 0.137 e. The van der Waals surface area contributed by atoms with Gasteiger partial charge in [-0.05, 0) is 49.1 Å². The first-order valence-corrected chi connectivity index (χ1v) is 10.5. The Balaban J connectivity index is 1.29. The van der Waals surface area contributed by atoms with Gasteiger partial charge in [-0.3, -0.25) is 9.58 Å². The number of aromatic amines is 1. The van der Waals surface area contributed by atoms with Crippen molar-refractivity contribution in [3.63, 3.8) is 0 Å². The lowest BCUT2D eigenvalue weighted by Gasteiger charge is -2.34. The highest BCUT2D eigenvalue weighted by Gasteiger charge is 2.25. The molecule has 6 nitrogen and oxygen atoms in total. The SMILES string of the molecule is Cn1cc(-c2c[nH]c3ncc(C4CCC(CN5CCOCC5)CC4)cc23)cn1. The number of H-pyrrole nitrogens is 1. The molecule has 28 heavy (non-hydrogen) atoms. The van der Waals surface area contributed by atoms with Crippen molar-refractivity contribution in [3.05, 3.63) is 36.4 Å². The molecule has 0 spiro atoms. The van der Waals surface area contributed by atoms with Gasteiger partial charge in [0, 0.05) is 61.8 Å². The number of rotatable bonds is 4. The third-order valence-electron chi connectivity index (χ3n) is 6.51. The van der Waals surface area contributed by atoms with Gasteiger partial charge in [0.05, 0.1) is 19.4 Å². The van der Waals surface area contributed by atoms with Crippen LogP contribution >= 0.6 is 0 Å². The average molecular weight is 380 g/mol. The standard InChI is InChI=1S/C22H29N5O/c1-26-15-19(12-25-26)21-13-24-22-20(21)10-18(11-23-22)17-4-2-16(3-5-17)14-27-6-8-28-9-7-27/h10-13,15-17H,2-9,14H2,1H3,(H,23,24). The Kier molecular flexibility index (Phi) is 4.91. The zero-order valence-electron chi connectivity index (χ0n) is 16.6. The van der Waals surface area contributed by atoms with Gasteiger partial charge in [0.15, 0.2) is 0 Å². The largest absolute Gasteiger partial charge is 0.379 e. The highest BCUT2D eigenvalue weighted by molar-refractivity contribution is 5.93. The summed E-state index contributed by atoms with van der Waals surface area (Å²) in [7, 11) is 1.96. The van der Waals surface area contributed by atoms with Gasteiger partial charge in [-0.15, -0.1) is 0 Å². The van der Waals surface area contributed by atoms with Crippen LogP contribution in [0.15, 0.2) is 30.9 Å². The molecule has 0 aromatic carbocycles. The van der Waals surface area contributed by atoms with Crippen molar-refractivity contribution < 1.29 is 4.74 Å². The Bertz CT molecular complexity index is 931. The Labute approximate surface area is 165 Å². The maximum atomic E-state index is 5.48. The van der Waals surface area contributed by atoms with Gasteiger partial charge < -0.3 is 9.72 Å². The number of fused-ring (bicyclic) bond motifs is 1. The molecular weight excluding hydrogens is 350 g/mol. The lowest BCUT2D eigenvalue weighted by molar-refractivity contribution is 0.0273. The van der Waals surface area contributed by atoms with Crippen LogP contribution in [0.4, 0.5) is 0 Å². The van der Waals surface area contributed by atoms with Crippen LogP contribution in [0, 0.1) is 5.92 Å². The summed E-state index contributed by atoms with van der Waals surface area (Å²) in [6.45, 7) is 5.25. The van der Waals surface area contributed by atoms with Gasteiger partial charge in [-0.2, -0.15) is 5.10 Å². The molecule has 1 aliphatic heterocycles. The topological polar surface area (TPSA) is 59.0 Å². The first kappa shape index (κ1) is 17.9. The summed E-state index contributed by atoms with van der Waals surface area (Å²) in [6, 6.07) is 2.36. The fourth-order valence-electron chi connectivity index (χ4n) is 4.87. The molecule has 0 unspecified atom stereocenters. The van der Waals surface area contributed by atoms with Crippen LogP contribution in [-0.2, 0) is 11.8 Å². The van der Waals surface area contributed by atoms with Gasteiger partial charge in [0.1, 0.15) is 5.65 Å². The molecule has 1 N–H and O–H groups in total. The minimum atomic E-state index is 0.634. The highest BCUT2D eigenvalue weighted by atomic mass is 16.5. The minimum absolute atomic E-state index is 0.634. The molecule has 3 aromatic heterocycles. The van der Waals surface area contributed by atoms with Crippen LogP contribution in [0.1, 0.15) is 37.2 Å². The summed E-state index contributed by atoms with van der Waals surface area (Å²) in [5.41, 5.74) is 4.69. The molecule has 0 atom stereocenters. The minimum Gasteiger partial charge on any atom is -0.379 e. The van der Waals surface area contributed by atoms with Crippen molar-refractivity contribution in [1.82, 2.24) is 24.6 Å². The second-order valence-electron chi connectivity index (χ2n) is 8.40. The van der Waals surface area contributed by atoms with Gasteiger partial charge >= 0.3 is 0 Å². The summed E-state index contributed by atoms with van der Waals surface area (Å²) < 4.78 is 7.33. The number of morpholine rings is 1. The van der Waals surface area contributed by atoms with Crippen LogP contribution < -0.4 is 0 Å². The molecule has 4 heterocycles. The molecule has 0 radical (unpaired) electrons. The Morgan fingerprint density at radius 2 is 1.96 bits per heavy atom. The average Bonchev–Trinajstić information content (AvgIpc) is 3.35. The van der Waals surface area contributed by atoms with Crippen LogP contribution in [0.5, 0.6) is 0 Å². The molecule has 0 bridgehead atoms. The third kappa shape index (κ3) is 3.59. The summed E-state index contributed by atoms with van der Waals surface area (Å²) in [6.07, 6.45) is 13.3. The van der Waals surface area contributed by atoms with Crippen molar-refractivity contribution in [2.75, 3.05) is 32.8 Å². The van der Waals surface area contributed by atoms with Crippen molar-refractivity contribution in [1.29, 1.82) is 0 Å². The van der Waals surface area contributed by atoms with E-state index in [2.05, 4.69) is 39.6 Å². The van der Waals surface area contributed by atoms with Crippen molar-refractivity contribution in [2.24, 2.45) is 13.0 Å².